The van der Waals surface area contributed by atoms with Crippen molar-refractivity contribution < 1.29 is 24.1 Å². The van der Waals surface area contributed by atoms with Gasteiger partial charge in [-0.15, -0.1) is 5.10 Å². The van der Waals surface area contributed by atoms with Crippen molar-refractivity contribution in [2.75, 3.05) is 13.6 Å². The van der Waals surface area contributed by atoms with Gasteiger partial charge in [0, 0.05) is 26.6 Å². The fourth-order valence-electron chi connectivity index (χ4n) is 4.46. The van der Waals surface area contributed by atoms with Gasteiger partial charge in [0.25, 0.3) is 0 Å². The number of hydrogen-bond donors (Lipinski definition) is 0. The molecule has 0 N–H and O–H groups in total. The van der Waals surface area contributed by atoms with E-state index in [9.17, 15) is 9.59 Å². The summed E-state index contributed by atoms with van der Waals surface area (Å²) in [7, 11) is 3.49. The molecule has 2 fully saturated rings. The van der Waals surface area contributed by atoms with Crippen LogP contribution in [0.2, 0.25) is 0 Å². The molecule has 2 saturated carbocycles. The number of rotatable bonds is 10. The van der Waals surface area contributed by atoms with Gasteiger partial charge in [-0.1, -0.05) is 44.7 Å². The third-order valence-corrected chi connectivity index (χ3v) is 7.11. The first-order valence-corrected chi connectivity index (χ1v) is 13.0. The van der Waals surface area contributed by atoms with E-state index >= 15 is 0 Å². The maximum Gasteiger partial charge on any atom is 0.409 e. The first-order chi connectivity index (χ1) is 17.4. The summed E-state index contributed by atoms with van der Waals surface area (Å²) >= 11 is 0. The molecule has 0 radical (unpaired) electrons. The fourth-order valence-corrected chi connectivity index (χ4v) is 4.46. The van der Waals surface area contributed by atoms with Crippen molar-refractivity contribution in [1.29, 1.82) is 0 Å². The Bertz CT molecular complexity index is 1060. The first-order valence-electron chi connectivity index (χ1n) is 13.0. The summed E-state index contributed by atoms with van der Waals surface area (Å²) < 4.78 is 7.14. The highest BCUT2D eigenvalue weighted by Crippen LogP contribution is 2.44. The second-order valence-electron chi connectivity index (χ2n) is 10.1. The third-order valence-electron chi connectivity index (χ3n) is 7.11. The lowest BCUT2D eigenvalue weighted by Gasteiger charge is -2.20. The van der Waals surface area contributed by atoms with Crippen molar-refractivity contribution in [2.45, 2.75) is 77.7 Å². The molecule has 36 heavy (non-hydrogen) atoms. The summed E-state index contributed by atoms with van der Waals surface area (Å²) in [5.74, 6) is 0.694. The molecule has 0 unspecified atom stereocenters. The van der Waals surface area contributed by atoms with Gasteiger partial charge in [0.05, 0.1) is 17.3 Å². The Morgan fingerprint density at radius 3 is 2.61 bits per heavy atom. The van der Waals surface area contributed by atoms with Crippen molar-refractivity contribution in [3.63, 3.8) is 0 Å². The van der Waals surface area contributed by atoms with Crippen LogP contribution >= 0.6 is 0 Å². The Labute approximate surface area is 212 Å². The summed E-state index contributed by atoms with van der Waals surface area (Å²) in [4.78, 5) is 42.0. The van der Waals surface area contributed by atoms with Gasteiger partial charge in [-0.05, 0) is 43.7 Å². The van der Waals surface area contributed by atoms with Gasteiger partial charge in [0.1, 0.15) is 18.0 Å². The molecule has 2 aromatic heterocycles. The lowest BCUT2D eigenvalue weighted by atomic mass is 9.89. The predicted molar refractivity (Wildman–Crippen MR) is 132 cm³/mol. The van der Waals surface area contributed by atoms with Gasteiger partial charge in [-0.2, -0.15) is 0 Å². The zero-order valence-corrected chi connectivity index (χ0v) is 21.7. The van der Waals surface area contributed by atoms with Crippen molar-refractivity contribution in [3.05, 3.63) is 23.5 Å². The number of aryl methyl sites for hydroxylation is 1. The molecule has 2 aliphatic rings. The molecule has 0 bridgehead atoms. The minimum atomic E-state index is -0.391. The van der Waals surface area contributed by atoms with Gasteiger partial charge in [0.2, 0.25) is 5.75 Å². The topological polar surface area (TPSA) is 109 Å². The number of pyridine rings is 1. The van der Waals surface area contributed by atoms with Crippen molar-refractivity contribution in [2.24, 2.45) is 18.9 Å². The highest BCUT2D eigenvalue weighted by molar-refractivity contribution is 5.72. The van der Waals surface area contributed by atoms with Crippen LogP contribution in [0.4, 0.5) is 4.79 Å². The summed E-state index contributed by atoms with van der Waals surface area (Å²) in [6.45, 7) is 4.85. The molecular weight excluding hydrogens is 462 g/mol. The zero-order valence-electron chi connectivity index (χ0n) is 21.7. The zero-order chi connectivity index (χ0) is 25.7. The SMILES string of the molecule is CC[C@H](C)CN(C)C(=O)OCc1c(-c2ccc(OOC(=O)C3CCCCC3)c(C3CC3)n2)nnn1C. The lowest BCUT2D eigenvalue weighted by molar-refractivity contribution is -0.220. The van der Waals surface area contributed by atoms with E-state index in [-0.39, 0.29) is 24.4 Å². The number of carbonyl (C=O) groups is 2. The van der Waals surface area contributed by atoms with Crippen LogP contribution < -0.4 is 4.89 Å². The fraction of sp³-hybridized carbons (Fsp3) is 0.654. The van der Waals surface area contributed by atoms with Gasteiger partial charge in [-0.3, -0.25) is 9.78 Å². The van der Waals surface area contributed by atoms with E-state index in [0.29, 0.717) is 35.3 Å². The van der Waals surface area contributed by atoms with Gasteiger partial charge in [0.15, 0.2) is 0 Å². The Balaban J connectivity index is 1.45. The minimum absolute atomic E-state index is 0.0280. The largest absolute Gasteiger partial charge is 0.443 e. The number of ether oxygens (including phenoxy) is 1. The summed E-state index contributed by atoms with van der Waals surface area (Å²) in [6, 6.07) is 3.52. The number of amides is 1. The van der Waals surface area contributed by atoms with Gasteiger partial charge < -0.3 is 9.64 Å². The van der Waals surface area contributed by atoms with Crippen LogP contribution in [0.15, 0.2) is 12.1 Å². The molecule has 10 heteroatoms. The van der Waals surface area contributed by atoms with Crippen LogP contribution in [0.25, 0.3) is 11.4 Å². The summed E-state index contributed by atoms with van der Waals surface area (Å²) in [5.41, 5.74) is 2.54. The maximum absolute atomic E-state index is 12.5. The predicted octanol–water partition coefficient (Wildman–Crippen LogP) is 4.79. The Hall–Kier alpha value is -3.17. The molecule has 0 aliphatic heterocycles. The van der Waals surface area contributed by atoms with Gasteiger partial charge >= 0.3 is 12.1 Å². The highest BCUT2D eigenvalue weighted by atomic mass is 17.2. The summed E-state index contributed by atoms with van der Waals surface area (Å²) in [5, 5.41) is 8.40. The van der Waals surface area contributed by atoms with Crippen molar-refractivity contribution >= 4 is 12.1 Å². The highest BCUT2D eigenvalue weighted by Gasteiger charge is 2.31. The number of nitrogens with zero attached hydrogens (tertiary/aromatic N) is 5. The number of carbonyl (C=O) groups excluding carboxylic acids is 2. The Morgan fingerprint density at radius 2 is 1.92 bits per heavy atom. The third kappa shape index (κ3) is 6.33. The second-order valence-corrected chi connectivity index (χ2v) is 10.1. The molecule has 0 aromatic carbocycles. The number of hydrogen-bond acceptors (Lipinski definition) is 8. The Morgan fingerprint density at radius 1 is 1.17 bits per heavy atom. The molecule has 1 atom stereocenters. The number of aromatic nitrogens is 4. The van der Waals surface area contributed by atoms with Crippen LogP contribution in [0.5, 0.6) is 5.75 Å². The molecule has 196 valence electrons. The van der Waals surface area contributed by atoms with Crippen LogP contribution in [0.3, 0.4) is 0 Å². The van der Waals surface area contributed by atoms with E-state index in [1.54, 1.807) is 35.8 Å². The molecule has 10 nitrogen and oxygen atoms in total. The van der Waals surface area contributed by atoms with E-state index in [2.05, 4.69) is 24.2 Å². The molecule has 2 aromatic rings. The van der Waals surface area contributed by atoms with Crippen LogP contribution in [0, 0.1) is 11.8 Å². The average molecular weight is 500 g/mol. The second kappa shape index (κ2) is 11.7. The molecule has 4 rings (SSSR count). The van der Waals surface area contributed by atoms with Crippen LogP contribution in [0.1, 0.15) is 82.5 Å². The lowest BCUT2D eigenvalue weighted by Crippen LogP contribution is -2.31. The first kappa shape index (κ1) is 25.9. The molecule has 1 amide bonds. The van der Waals surface area contributed by atoms with Crippen molar-refractivity contribution in [3.8, 4) is 17.1 Å². The average Bonchev–Trinajstić information content (AvgIpc) is 3.68. The quantitative estimate of drug-likeness (QED) is 0.339. The van der Waals surface area contributed by atoms with E-state index < -0.39 is 6.09 Å². The maximum atomic E-state index is 12.5. The molecule has 0 saturated heterocycles. The molecule has 2 heterocycles. The van der Waals surface area contributed by atoms with Gasteiger partial charge in [-0.25, -0.2) is 19.3 Å². The standard InChI is InChI=1S/C26H37N5O5/c1-5-17(2)15-30(3)26(33)34-16-21-24(28-29-31(21)4)20-13-14-22(23(27-20)18-11-12-18)35-36-25(32)19-9-7-6-8-10-19/h13-14,17-19H,5-12,15-16H2,1-4H3/t17-/m0/s1. The molecule has 0 spiro atoms. The summed E-state index contributed by atoms with van der Waals surface area (Å²) in [6.07, 6.45) is 7.55. The monoisotopic (exact) mass is 499 g/mol. The van der Waals surface area contributed by atoms with E-state index in [1.807, 2.05) is 0 Å². The van der Waals surface area contributed by atoms with Crippen LogP contribution in [-0.4, -0.2) is 50.5 Å². The van der Waals surface area contributed by atoms with E-state index in [0.717, 1.165) is 50.6 Å². The minimum Gasteiger partial charge on any atom is -0.443 e. The normalized spacial score (nSPS) is 16.9. The smallest absolute Gasteiger partial charge is 0.409 e. The Kier molecular flexibility index (Phi) is 8.43. The van der Waals surface area contributed by atoms with Crippen LogP contribution in [-0.2, 0) is 28.1 Å². The molecule has 2 aliphatic carbocycles. The van der Waals surface area contributed by atoms with E-state index in [1.165, 1.54) is 6.42 Å². The molecular formula is C26H37N5O5. The van der Waals surface area contributed by atoms with Crippen molar-refractivity contribution in [1.82, 2.24) is 24.9 Å². The van der Waals surface area contributed by atoms with E-state index in [4.69, 9.17) is 19.5 Å².